The molecule has 0 aromatic heterocycles. The fraction of sp³-hybridized carbons (Fsp3) is 0.352. The zero-order chi connectivity index (χ0) is 66.8. The number of hydrogen-bond acceptors (Lipinski definition) is 3. The number of allylic oxidation sites excluding steroid dienone is 4. The molecule has 0 bridgehead atoms. The van der Waals surface area contributed by atoms with E-state index in [1.807, 2.05) is 36.4 Å². The third-order valence-corrected chi connectivity index (χ3v) is 20.9. The molecule has 10 aromatic carbocycles. The van der Waals surface area contributed by atoms with Crippen LogP contribution in [0.4, 0.5) is 0 Å². The molecule has 4 aliphatic rings. The molecule has 0 N–H and O–H groups in total. The highest BCUT2D eigenvalue weighted by atomic mass is 16.7. The minimum Gasteiger partial charge on any atom is -0.399 e. The number of fused-ring (bicyclic) bond motifs is 7. The first-order valence-corrected chi connectivity index (χ1v) is 33.9. The zero-order valence-electron chi connectivity index (χ0n) is 59.5. The highest BCUT2D eigenvalue weighted by molar-refractivity contribution is 6.65. The summed E-state index contributed by atoms with van der Waals surface area (Å²) in [5.74, 6) is 0.124. The Kier molecular flexibility index (Phi) is 16.7. The van der Waals surface area contributed by atoms with Crippen molar-refractivity contribution in [2.75, 3.05) is 0 Å². The molecule has 95 heavy (non-hydrogen) atoms. The van der Waals surface area contributed by atoms with E-state index in [1.54, 1.807) is 0 Å². The molecule has 0 saturated carbocycles. The van der Waals surface area contributed by atoms with Crippen molar-refractivity contribution >= 4 is 73.0 Å². The van der Waals surface area contributed by atoms with Gasteiger partial charge in [-0.25, -0.2) is 0 Å². The minimum absolute atomic E-state index is 0. The fourth-order valence-corrected chi connectivity index (χ4v) is 14.6. The van der Waals surface area contributed by atoms with Crippen molar-refractivity contribution in [2.24, 2.45) is 0 Å². The summed E-state index contributed by atoms with van der Waals surface area (Å²) in [7, 11) is -0.461. The number of carbonyl (C=O) groups excluding carboxylic acids is 1. The van der Waals surface area contributed by atoms with Crippen LogP contribution < -0.4 is 5.46 Å². The van der Waals surface area contributed by atoms with Crippen molar-refractivity contribution < 1.29 is 14.1 Å². The van der Waals surface area contributed by atoms with Crippen molar-refractivity contribution in [1.29, 1.82) is 0 Å². The molecule has 0 unspecified atom stereocenters. The van der Waals surface area contributed by atoms with Gasteiger partial charge in [-0.2, -0.15) is 0 Å². The second-order valence-electron chi connectivity index (χ2n) is 34.4. The van der Waals surface area contributed by atoms with E-state index in [0.717, 1.165) is 38.9 Å². The number of hydrogen-bond donors (Lipinski definition) is 0. The van der Waals surface area contributed by atoms with Gasteiger partial charge >= 0.3 is 7.12 Å². The van der Waals surface area contributed by atoms with E-state index in [2.05, 4.69) is 292 Å². The molecular weight excluding hydrogens is 1150 g/mol. The molecule has 0 radical (unpaired) electrons. The molecule has 4 heteroatoms. The molecule has 1 saturated heterocycles. The highest BCUT2D eigenvalue weighted by Crippen LogP contribution is 2.61. The van der Waals surface area contributed by atoms with Crippen molar-refractivity contribution in [3.8, 4) is 44.5 Å². The molecule has 3 aliphatic carbocycles. The van der Waals surface area contributed by atoms with E-state index in [-0.39, 0.29) is 53.1 Å². The topological polar surface area (TPSA) is 35.5 Å². The largest absolute Gasteiger partial charge is 0.495 e. The second kappa shape index (κ2) is 23.2. The van der Waals surface area contributed by atoms with Gasteiger partial charge < -0.3 is 9.31 Å². The monoisotopic (exact) mass is 1250 g/mol. The van der Waals surface area contributed by atoms with Crippen molar-refractivity contribution in [1.82, 2.24) is 0 Å². The maximum atomic E-state index is 14.3. The third kappa shape index (κ3) is 11.6. The molecule has 1 aliphatic heterocycles. The molecular formula is C91H103BO3. The Morgan fingerprint density at radius 3 is 1.01 bits per heavy atom. The Hall–Kier alpha value is -7.89. The summed E-state index contributed by atoms with van der Waals surface area (Å²) in [4.78, 5) is 14.3. The SMILES string of the molecule is C.C.CC(C)(C)c1cc(-c2c3c(c(-c4cc(C(C)(C)C)cc(C(C)(C)C)c4)c4ccccc24)-c2ccc(B4OC(C)(C)C(C)(C)O4)c4cccc-3c24)cc(C(C)(C)C)c1.CC(C)(C)c1cc2c3c(cc(C(C)(C)C)cc3c1)C1=C(c3ccccc3)C(=O)C(c3ccccc3)=C12. The zero-order valence-corrected chi connectivity index (χ0v) is 59.5. The fourth-order valence-electron chi connectivity index (χ4n) is 14.6. The van der Waals surface area contributed by atoms with Crippen LogP contribution in [0.1, 0.15) is 223 Å². The van der Waals surface area contributed by atoms with Crippen LogP contribution in [-0.2, 0) is 46.6 Å². The number of benzene rings is 10. The Morgan fingerprint density at radius 1 is 0.305 bits per heavy atom. The van der Waals surface area contributed by atoms with Crippen LogP contribution in [0.3, 0.4) is 0 Å². The number of ketones is 1. The predicted octanol–water partition coefficient (Wildman–Crippen LogP) is 24.6. The van der Waals surface area contributed by atoms with Crippen LogP contribution in [0.15, 0.2) is 176 Å². The molecule has 1 fully saturated rings. The lowest BCUT2D eigenvalue weighted by atomic mass is 9.75. The van der Waals surface area contributed by atoms with Gasteiger partial charge in [0.25, 0.3) is 0 Å². The quantitative estimate of drug-likeness (QED) is 0.161. The van der Waals surface area contributed by atoms with Crippen LogP contribution in [0, 0.1) is 0 Å². The molecule has 0 spiro atoms. The Balaban J connectivity index is 0.000000208. The van der Waals surface area contributed by atoms with Crippen molar-refractivity contribution in [3.05, 3.63) is 232 Å². The van der Waals surface area contributed by atoms with Crippen LogP contribution in [0.2, 0.25) is 0 Å². The first kappa shape index (κ1) is 68.5. The number of Topliss-reactive ketones (excluding diaryl/α,β-unsaturated/α-hetero) is 1. The van der Waals surface area contributed by atoms with Gasteiger partial charge in [-0.05, 0) is 210 Å². The third-order valence-electron chi connectivity index (χ3n) is 20.9. The maximum Gasteiger partial charge on any atom is 0.495 e. The van der Waals surface area contributed by atoms with Crippen molar-refractivity contribution in [2.45, 2.75) is 211 Å². The maximum absolute atomic E-state index is 14.3. The van der Waals surface area contributed by atoms with Crippen LogP contribution in [0.25, 0.3) is 99.1 Å². The van der Waals surface area contributed by atoms with E-state index in [0.29, 0.717) is 0 Å². The van der Waals surface area contributed by atoms with Crippen molar-refractivity contribution in [3.63, 3.8) is 0 Å². The number of rotatable bonds is 5. The van der Waals surface area contributed by atoms with Crippen LogP contribution in [-0.4, -0.2) is 24.1 Å². The molecule has 0 amide bonds. The summed E-state index contributed by atoms with van der Waals surface area (Å²) in [5, 5.41) is 7.58. The second-order valence-corrected chi connectivity index (χ2v) is 34.4. The smallest absolute Gasteiger partial charge is 0.399 e. The lowest BCUT2D eigenvalue weighted by molar-refractivity contribution is -0.108. The molecule has 14 rings (SSSR count). The molecule has 3 nitrogen and oxygen atoms in total. The van der Waals surface area contributed by atoms with Gasteiger partial charge in [-0.3, -0.25) is 4.79 Å². The predicted molar refractivity (Wildman–Crippen MR) is 414 cm³/mol. The van der Waals surface area contributed by atoms with Gasteiger partial charge in [0.1, 0.15) is 0 Å². The van der Waals surface area contributed by atoms with Gasteiger partial charge in [0.2, 0.25) is 0 Å². The Bertz CT molecular complexity index is 4500. The highest BCUT2D eigenvalue weighted by Gasteiger charge is 2.52. The van der Waals surface area contributed by atoms with E-state index in [1.165, 1.54) is 121 Å². The molecule has 0 atom stereocenters. The van der Waals surface area contributed by atoms with Gasteiger partial charge in [-0.1, -0.05) is 303 Å². The summed E-state index contributed by atoms with van der Waals surface area (Å²) >= 11 is 0. The van der Waals surface area contributed by atoms with Gasteiger partial charge in [-0.15, -0.1) is 0 Å². The van der Waals surface area contributed by atoms with E-state index < -0.39 is 18.3 Å². The first-order chi connectivity index (χ1) is 43.3. The molecule has 10 aromatic rings. The standard InChI is InChI=1S/C54H63BO2.C35H32O.2CH4/c1-49(2,3)34-26-32(27-35(30-34)50(4,5)6)44-38-20-17-18-21-39(38)45(33-28-36(51(7,8)9)31-37(29-33)52(10,11)12)48-42-24-25-43(55-56-53(13,14)54(15,16)57-55)40-22-19-23-41(46(40)42)47(44)48;1-34(2,3)24-17-23-18-25(35(4,5)6)20-27-28(23)26(19-24)31-29(21-13-9-7-10-14-21)33(36)30(32(27)31)22-15-11-8-12-16-22;;/h17-31H,1-16H3;7-20H,1-6H3;2*1H4. The Morgan fingerprint density at radius 2 is 0.642 bits per heavy atom. The van der Waals surface area contributed by atoms with Gasteiger partial charge in [0, 0.05) is 22.3 Å². The summed E-state index contributed by atoms with van der Waals surface area (Å²) in [6.07, 6.45) is 0. The first-order valence-electron chi connectivity index (χ1n) is 33.9. The average molecular weight is 1260 g/mol. The molecule has 488 valence electrons. The lowest BCUT2D eigenvalue weighted by Crippen LogP contribution is -2.41. The van der Waals surface area contributed by atoms with Crippen LogP contribution in [0.5, 0.6) is 0 Å². The lowest BCUT2D eigenvalue weighted by Gasteiger charge is -2.32. The summed E-state index contributed by atoms with van der Waals surface area (Å²) in [5.41, 5.74) is 26.7. The van der Waals surface area contributed by atoms with Gasteiger partial charge in [0.05, 0.1) is 11.2 Å². The minimum atomic E-state index is -0.461. The van der Waals surface area contributed by atoms with Gasteiger partial charge in [0.15, 0.2) is 5.78 Å². The summed E-state index contributed by atoms with van der Waals surface area (Å²) in [6.45, 7) is 50.2. The normalized spacial score (nSPS) is 15.7. The van der Waals surface area contributed by atoms with Crippen LogP contribution >= 0.6 is 0 Å². The van der Waals surface area contributed by atoms with E-state index in [9.17, 15) is 4.79 Å². The number of carbonyl (C=O) groups is 1. The van der Waals surface area contributed by atoms with E-state index in [4.69, 9.17) is 9.31 Å². The molecule has 1 heterocycles. The Labute approximate surface area is 570 Å². The average Bonchev–Trinajstić information content (AvgIpc) is 1.56. The van der Waals surface area contributed by atoms with E-state index >= 15 is 0 Å². The summed E-state index contributed by atoms with van der Waals surface area (Å²) in [6, 6.07) is 65.3. The summed E-state index contributed by atoms with van der Waals surface area (Å²) < 4.78 is 13.5.